The third-order valence-electron chi connectivity index (χ3n) is 3.96. The summed E-state index contributed by atoms with van der Waals surface area (Å²) in [5, 5.41) is 10.3. The van der Waals surface area contributed by atoms with Crippen molar-refractivity contribution >= 4 is 23.3 Å². The molecule has 0 unspecified atom stereocenters. The van der Waals surface area contributed by atoms with E-state index in [9.17, 15) is 18.0 Å². The number of rotatable bonds is 2. The molecule has 0 aliphatic carbocycles. The standard InChI is InChI=1S/C11H16N4OS.C2HF3O2/c12-11(16)15-5-8-3-14(4-9(8)6-15)7-10-13-1-2-17-10;3-2(4,5)1(6)7/h1-2,8-9H,3-7H2,(H2,12,16);(H,6,7)/t8-,9+;. The average Bonchev–Trinajstić information content (AvgIpc) is 3.14. The molecule has 2 saturated heterocycles. The number of aromatic nitrogens is 1. The van der Waals surface area contributed by atoms with Crippen LogP contribution in [0.2, 0.25) is 0 Å². The van der Waals surface area contributed by atoms with Crippen molar-refractivity contribution in [1.29, 1.82) is 0 Å². The number of carbonyl (C=O) groups excluding carboxylic acids is 1. The van der Waals surface area contributed by atoms with Crippen LogP contribution in [0.5, 0.6) is 0 Å². The molecule has 0 bridgehead atoms. The fourth-order valence-electron chi connectivity index (χ4n) is 2.92. The Bertz CT molecular complexity index is 568. The summed E-state index contributed by atoms with van der Waals surface area (Å²) in [6.07, 6.45) is -3.23. The molecule has 1 aromatic heterocycles. The number of aliphatic carboxylic acids is 1. The fourth-order valence-corrected chi connectivity index (χ4v) is 3.58. The molecule has 11 heteroatoms. The van der Waals surface area contributed by atoms with Crippen molar-refractivity contribution in [1.82, 2.24) is 14.8 Å². The quantitative estimate of drug-likeness (QED) is 0.820. The number of carboxylic acid groups (broad SMARTS) is 1. The van der Waals surface area contributed by atoms with Crippen molar-refractivity contribution in [3.63, 3.8) is 0 Å². The zero-order valence-electron chi connectivity index (χ0n) is 12.6. The number of hydrogen-bond donors (Lipinski definition) is 2. The van der Waals surface area contributed by atoms with E-state index in [0.29, 0.717) is 11.8 Å². The van der Waals surface area contributed by atoms with Crippen molar-refractivity contribution in [2.24, 2.45) is 17.6 Å². The molecule has 3 N–H and O–H groups in total. The van der Waals surface area contributed by atoms with E-state index < -0.39 is 12.1 Å². The minimum atomic E-state index is -5.08. The van der Waals surface area contributed by atoms with Gasteiger partial charge in [-0.05, 0) is 11.8 Å². The van der Waals surface area contributed by atoms with Gasteiger partial charge >= 0.3 is 18.2 Å². The van der Waals surface area contributed by atoms with Crippen LogP contribution in [-0.4, -0.2) is 64.2 Å². The van der Waals surface area contributed by atoms with Gasteiger partial charge in [0.1, 0.15) is 5.01 Å². The molecule has 134 valence electrons. The number of nitrogens with zero attached hydrogens (tertiary/aromatic N) is 3. The number of carboxylic acids is 1. The van der Waals surface area contributed by atoms with Gasteiger partial charge in [-0.1, -0.05) is 0 Å². The van der Waals surface area contributed by atoms with Crippen LogP contribution in [-0.2, 0) is 11.3 Å². The number of likely N-dealkylation sites (tertiary alicyclic amines) is 2. The first-order valence-corrected chi connectivity index (χ1v) is 8.00. The molecule has 0 spiro atoms. The number of carbonyl (C=O) groups is 2. The molecule has 1 aromatic rings. The van der Waals surface area contributed by atoms with Crippen molar-refractivity contribution in [3.8, 4) is 0 Å². The molecular weight excluding hydrogens is 349 g/mol. The second kappa shape index (κ2) is 7.34. The first-order chi connectivity index (χ1) is 11.2. The van der Waals surface area contributed by atoms with Crippen LogP contribution < -0.4 is 5.73 Å². The Morgan fingerprint density at radius 1 is 1.29 bits per heavy atom. The van der Waals surface area contributed by atoms with Gasteiger partial charge in [-0.25, -0.2) is 14.6 Å². The topological polar surface area (TPSA) is 99.8 Å². The van der Waals surface area contributed by atoms with E-state index in [1.807, 2.05) is 11.6 Å². The second-order valence-corrected chi connectivity index (χ2v) is 6.67. The van der Waals surface area contributed by atoms with E-state index in [2.05, 4.69) is 9.88 Å². The third-order valence-corrected chi connectivity index (χ3v) is 4.72. The molecule has 2 aliphatic heterocycles. The molecule has 2 aliphatic rings. The molecule has 24 heavy (non-hydrogen) atoms. The second-order valence-electron chi connectivity index (χ2n) is 5.69. The van der Waals surface area contributed by atoms with Gasteiger partial charge in [-0.2, -0.15) is 13.2 Å². The van der Waals surface area contributed by atoms with Crippen LogP contribution in [0.15, 0.2) is 11.6 Å². The van der Waals surface area contributed by atoms with Crippen LogP contribution in [0.25, 0.3) is 0 Å². The lowest BCUT2D eigenvalue weighted by Gasteiger charge is -2.19. The van der Waals surface area contributed by atoms with E-state index in [1.54, 1.807) is 16.2 Å². The number of thiazole rings is 1. The zero-order chi connectivity index (χ0) is 17.9. The maximum atomic E-state index is 11.1. The first kappa shape index (κ1) is 18.5. The van der Waals surface area contributed by atoms with Gasteiger partial charge in [-0.3, -0.25) is 4.90 Å². The Morgan fingerprint density at radius 3 is 2.21 bits per heavy atom. The Labute approximate surface area is 139 Å². The minimum Gasteiger partial charge on any atom is -0.475 e. The Hall–Kier alpha value is -1.88. The molecule has 0 aromatic carbocycles. The number of hydrogen-bond acceptors (Lipinski definition) is 5. The summed E-state index contributed by atoms with van der Waals surface area (Å²) < 4.78 is 31.7. The van der Waals surface area contributed by atoms with Crippen molar-refractivity contribution in [2.45, 2.75) is 12.7 Å². The number of halogens is 3. The molecule has 7 nitrogen and oxygen atoms in total. The van der Waals surface area contributed by atoms with E-state index in [1.165, 1.54) is 5.01 Å². The largest absolute Gasteiger partial charge is 0.490 e. The predicted octanol–water partition coefficient (Wildman–Crippen LogP) is 1.22. The Balaban J connectivity index is 0.000000256. The van der Waals surface area contributed by atoms with Crippen LogP contribution in [0.3, 0.4) is 0 Å². The zero-order valence-corrected chi connectivity index (χ0v) is 13.4. The normalized spacial score (nSPS) is 23.5. The molecule has 3 heterocycles. The van der Waals surface area contributed by atoms with Crippen LogP contribution >= 0.6 is 11.3 Å². The summed E-state index contributed by atoms with van der Waals surface area (Å²) in [6.45, 7) is 4.73. The molecule has 0 radical (unpaired) electrons. The Morgan fingerprint density at radius 2 is 1.83 bits per heavy atom. The van der Waals surface area contributed by atoms with Gasteiger partial charge < -0.3 is 15.7 Å². The summed E-state index contributed by atoms with van der Waals surface area (Å²) in [5.74, 6) is -1.56. The van der Waals surface area contributed by atoms with E-state index in [0.717, 1.165) is 32.7 Å². The first-order valence-electron chi connectivity index (χ1n) is 7.12. The predicted molar refractivity (Wildman–Crippen MR) is 79.2 cm³/mol. The lowest BCUT2D eigenvalue weighted by atomic mass is 10.0. The average molecular weight is 366 g/mol. The van der Waals surface area contributed by atoms with Gasteiger partial charge in [0.05, 0.1) is 6.54 Å². The minimum absolute atomic E-state index is 0.272. The maximum Gasteiger partial charge on any atom is 0.490 e. The summed E-state index contributed by atoms with van der Waals surface area (Å²) in [7, 11) is 0. The fraction of sp³-hybridized carbons (Fsp3) is 0.615. The monoisotopic (exact) mass is 366 g/mol. The van der Waals surface area contributed by atoms with Gasteiger partial charge in [0.15, 0.2) is 0 Å². The number of fused-ring (bicyclic) bond motifs is 1. The highest BCUT2D eigenvalue weighted by Crippen LogP contribution is 2.31. The highest BCUT2D eigenvalue weighted by atomic mass is 32.1. The summed E-state index contributed by atoms with van der Waals surface area (Å²) in [4.78, 5) is 28.5. The Kier molecular flexibility index (Phi) is 5.65. The van der Waals surface area contributed by atoms with Crippen LogP contribution in [0, 0.1) is 11.8 Å². The van der Waals surface area contributed by atoms with Crippen LogP contribution in [0.1, 0.15) is 5.01 Å². The molecule has 2 fully saturated rings. The number of alkyl halides is 3. The van der Waals surface area contributed by atoms with Crippen molar-refractivity contribution < 1.29 is 27.9 Å². The number of amides is 2. The van der Waals surface area contributed by atoms with E-state index in [-0.39, 0.29) is 6.03 Å². The van der Waals surface area contributed by atoms with E-state index in [4.69, 9.17) is 15.6 Å². The van der Waals surface area contributed by atoms with Crippen LogP contribution in [0.4, 0.5) is 18.0 Å². The summed E-state index contributed by atoms with van der Waals surface area (Å²) >= 11 is 1.71. The van der Waals surface area contributed by atoms with Gasteiger partial charge in [0.25, 0.3) is 0 Å². The molecular formula is C13H17F3N4O3S. The highest BCUT2D eigenvalue weighted by molar-refractivity contribution is 7.09. The summed E-state index contributed by atoms with van der Waals surface area (Å²) in [5.41, 5.74) is 5.31. The van der Waals surface area contributed by atoms with Gasteiger partial charge in [0, 0.05) is 37.8 Å². The number of nitrogens with two attached hydrogens (primary N) is 1. The third kappa shape index (κ3) is 4.81. The smallest absolute Gasteiger partial charge is 0.475 e. The highest BCUT2D eigenvalue weighted by Gasteiger charge is 2.41. The molecule has 2 amide bonds. The summed E-state index contributed by atoms with van der Waals surface area (Å²) in [6, 6.07) is -0.272. The number of primary amides is 1. The van der Waals surface area contributed by atoms with Gasteiger partial charge in [0.2, 0.25) is 0 Å². The lowest BCUT2D eigenvalue weighted by molar-refractivity contribution is -0.192. The lowest BCUT2D eigenvalue weighted by Crippen LogP contribution is -2.36. The van der Waals surface area contributed by atoms with Crippen molar-refractivity contribution in [3.05, 3.63) is 16.6 Å². The number of urea groups is 1. The maximum absolute atomic E-state index is 11.1. The van der Waals surface area contributed by atoms with Gasteiger partial charge in [-0.15, -0.1) is 11.3 Å². The molecule has 0 saturated carbocycles. The van der Waals surface area contributed by atoms with Crippen molar-refractivity contribution in [2.75, 3.05) is 26.2 Å². The molecule has 3 rings (SSSR count). The SMILES string of the molecule is NC(=O)N1C[C@H]2CN(Cc3nccs3)C[C@H]2C1.O=C(O)C(F)(F)F. The van der Waals surface area contributed by atoms with E-state index >= 15 is 0 Å². The molecule has 2 atom stereocenters.